The lowest BCUT2D eigenvalue weighted by Gasteiger charge is -2.24. The third-order valence-electron chi connectivity index (χ3n) is 2.55. The molecule has 3 heteroatoms. The van der Waals surface area contributed by atoms with Crippen molar-refractivity contribution < 1.29 is 9.90 Å². The third kappa shape index (κ3) is 1.29. The smallest absolute Gasteiger partial charge is 0.254 e. The third-order valence-corrected chi connectivity index (χ3v) is 2.55. The number of rotatable bonds is 1. The summed E-state index contributed by atoms with van der Waals surface area (Å²) < 4.78 is 0. The van der Waals surface area contributed by atoms with Gasteiger partial charge in [0.2, 0.25) is 0 Å². The molecule has 70 valence electrons. The van der Waals surface area contributed by atoms with Crippen LogP contribution in [0.4, 0.5) is 0 Å². The predicted octanol–water partition coefficient (Wildman–Crippen LogP) is 0.813. The molecule has 1 N–H and O–H groups in total. The molecule has 1 atom stereocenters. The summed E-state index contributed by atoms with van der Waals surface area (Å²) in [6.45, 7) is 2.62. The van der Waals surface area contributed by atoms with Gasteiger partial charge < -0.3 is 10.0 Å². The molecule has 0 bridgehead atoms. The van der Waals surface area contributed by atoms with Crippen molar-refractivity contribution in [1.29, 1.82) is 0 Å². The van der Waals surface area contributed by atoms with Crippen molar-refractivity contribution >= 4 is 5.91 Å². The molecule has 3 nitrogen and oxygen atoms in total. The summed E-state index contributed by atoms with van der Waals surface area (Å²) >= 11 is 0. The van der Waals surface area contributed by atoms with Crippen LogP contribution in [0.15, 0.2) is 23.4 Å². The Kier molecular flexibility index (Phi) is 1.96. The maximum atomic E-state index is 11.6. The number of fused-ring (bicyclic) bond motifs is 1. The maximum absolute atomic E-state index is 11.6. The monoisotopic (exact) mass is 179 g/mol. The molecule has 2 aliphatic rings. The fourth-order valence-corrected chi connectivity index (χ4v) is 1.77. The molecule has 0 radical (unpaired) electrons. The van der Waals surface area contributed by atoms with Crippen LogP contribution in [-0.2, 0) is 4.79 Å². The first-order chi connectivity index (χ1) is 6.22. The van der Waals surface area contributed by atoms with E-state index < -0.39 is 0 Å². The van der Waals surface area contributed by atoms with E-state index in [-0.39, 0.29) is 12.0 Å². The van der Waals surface area contributed by atoms with Crippen LogP contribution in [-0.4, -0.2) is 28.6 Å². The average molecular weight is 179 g/mol. The lowest BCUT2D eigenvalue weighted by atomic mass is 10.1. The standard InChI is InChI=1S/C10H13NO2/c1-2-7-5-8-6-9(12)3-4-11(8)10(7)13/h5-6,9,12H,2-4H2,1H3/t9-/m0/s1. The fourth-order valence-electron chi connectivity index (χ4n) is 1.77. The van der Waals surface area contributed by atoms with Crippen LogP contribution in [0.1, 0.15) is 19.8 Å². The number of amides is 1. The molecule has 0 aromatic heterocycles. The number of aliphatic hydroxyl groups excluding tert-OH is 1. The van der Waals surface area contributed by atoms with E-state index in [9.17, 15) is 9.90 Å². The summed E-state index contributed by atoms with van der Waals surface area (Å²) in [5.74, 6) is 0.112. The van der Waals surface area contributed by atoms with Gasteiger partial charge in [-0.25, -0.2) is 0 Å². The minimum Gasteiger partial charge on any atom is -0.389 e. The van der Waals surface area contributed by atoms with Gasteiger partial charge in [-0.05, 0) is 25.0 Å². The molecule has 1 amide bonds. The van der Waals surface area contributed by atoms with Gasteiger partial charge >= 0.3 is 0 Å². The lowest BCUT2D eigenvalue weighted by molar-refractivity contribution is -0.124. The van der Waals surface area contributed by atoms with Crippen molar-refractivity contribution in [3.05, 3.63) is 23.4 Å². The van der Waals surface area contributed by atoms with E-state index in [1.807, 2.05) is 13.0 Å². The summed E-state index contributed by atoms with van der Waals surface area (Å²) in [6.07, 6.45) is 4.67. The van der Waals surface area contributed by atoms with E-state index in [0.717, 1.165) is 17.7 Å². The van der Waals surface area contributed by atoms with Crippen LogP contribution in [0.5, 0.6) is 0 Å². The van der Waals surface area contributed by atoms with Gasteiger partial charge in [0.25, 0.3) is 5.91 Å². The van der Waals surface area contributed by atoms with E-state index >= 15 is 0 Å². The van der Waals surface area contributed by atoms with Crippen LogP contribution < -0.4 is 0 Å². The molecule has 0 aliphatic carbocycles. The van der Waals surface area contributed by atoms with Crippen LogP contribution in [0.25, 0.3) is 0 Å². The van der Waals surface area contributed by atoms with Crippen LogP contribution in [0.3, 0.4) is 0 Å². The Bertz CT molecular complexity index is 304. The minimum absolute atomic E-state index is 0.112. The summed E-state index contributed by atoms with van der Waals surface area (Å²) in [4.78, 5) is 13.4. The summed E-state index contributed by atoms with van der Waals surface area (Å²) in [5, 5.41) is 9.36. The Morgan fingerprint density at radius 2 is 2.46 bits per heavy atom. The number of allylic oxidation sites excluding steroid dienone is 1. The SMILES string of the molecule is CCC1=CC2=C[C@@H](O)CCN2C1=O. The van der Waals surface area contributed by atoms with Crippen molar-refractivity contribution in [2.75, 3.05) is 6.54 Å². The number of carbonyl (C=O) groups is 1. The quantitative estimate of drug-likeness (QED) is 0.647. The van der Waals surface area contributed by atoms with E-state index in [4.69, 9.17) is 0 Å². The molecule has 2 rings (SSSR count). The van der Waals surface area contributed by atoms with Gasteiger partial charge in [-0.3, -0.25) is 4.79 Å². The van der Waals surface area contributed by atoms with Gasteiger partial charge in [0.15, 0.2) is 0 Å². The van der Waals surface area contributed by atoms with Gasteiger partial charge in [-0.2, -0.15) is 0 Å². The largest absolute Gasteiger partial charge is 0.389 e. The van der Waals surface area contributed by atoms with Crippen LogP contribution in [0, 0.1) is 0 Å². The van der Waals surface area contributed by atoms with Crippen LogP contribution in [0.2, 0.25) is 0 Å². The van der Waals surface area contributed by atoms with Gasteiger partial charge in [-0.1, -0.05) is 6.92 Å². The second-order valence-corrected chi connectivity index (χ2v) is 3.43. The Morgan fingerprint density at radius 3 is 3.15 bits per heavy atom. The van der Waals surface area contributed by atoms with Gasteiger partial charge in [-0.15, -0.1) is 0 Å². The van der Waals surface area contributed by atoms with E-state index in [1.165, 1.54) is 0 Å². The minimum atomic E-state index is -0.383. The molecule has 0 fully saturated rings. The first kappa shape index (κ1) is 8.51. The summed E-state index contributed by atoms with van der Waals surface area (Å²) in [6, 6.07) is 0. The molecule has 2 aliphatic heterocycles. The second-order valence-electron chi connectivity index (χ2n) is 3.43. The zero-order chi connectivity index (χ0) is 9.42. The Balaban J connectivity index is 2.31. The zero-order valence-corrected chi connectivity index (χ0v) is 7.66. The van der Waals surface area contributed by atoms with Crippen molar-refractivity contribution in [1.82, 2.24) is 4.90 Å². The molecular weight excluding hydrogens is 166 g/mol. The number of nitrogens with zero attached hydrogens (tertiary/aromatic N) is 1. The molecule has 0 aromatic rings. The molecule has 0 saturated carbocycles. The van der Waals surface area contributed by atoms with Crippen molar-refractivity contribution in [2.45, 2.75) is 25.9 Å². The van der Waals surface area contributed by atoms with Crippen molar-refractivity contribution in [3.8, 4) is 0 Å². The summed E-state index contributed by atoms with van der Waals surface area (Å²) in [5.41, 5.74) is 1.72. The Labute approximate surface area is 77.3 Å². The molecule has 0 unspecified atom stereocenters. The van der Waals surface area contributed by atoms with Crippen LogP contribution >= 0.6 is 0 Å². The molecule has 0 aromatic carbocycles. The Morgan fingerprint density at radius 1 is 1.69 bits per heavy atom. The number of aliphatic hydroxyl groups is 1. The second kappa shape index (κ2) is 3.00. The van der Waals surface area contributed by atoms with E-state index in [1.54, 1.807) is 11.0 Å². The zero-order valence-electron chi connectivity index (χ0n) is 7.66. The number of hydrogen-bond donors (Lipinski definition) is 1. The predicted molar refractivity (Wildman–Crippen MR) is 48.8 cm³/mol. The number of carbonyl (C=O) groups excluding carboxylic acids is 1. The highest BCUT2D eigenvalue weighted by Crippen LogP contribution is 2.27. The van der Waals surface area contributed by atoms with Gasteiger partial charge in [0.05, 0.1) is 6.10 Å². The van der Waals surface area contributed by atoms with Gasteiger partial charge in [0.1, 0.15) is 0 Å². The molecule has 13 heavy (non-hydrogen) atoms. The fraction of sp³-hybridized carbons (Fsp3) is 0.500. The van der Waals surface area contributed by atoms with Crippen molar-refractivity contribution in [2.24, 2.45) is 0 Å². The molecule has 0 saturated heterocycles. The average Bonchev–Trinajstić information content (AvgIpc) is 2.42. The maximum Gasteiger partial charge on any atom is 0.254 e. The van der Waals surface area contributed by atoms with Crippen molar-refractivity contribution in [3.63, 3.8) is 0 Å². The first-order valence-electron chi connectivity index (χ1n) is 4.64. The number of hydrogen-bond acceptors (Lipinski definition) is 2. The van der Waals surface area contributed by atoms with E-state index in [0.29, 0.717) is 13.0 Å². The topological polar surface area (TPSA) is 40.5 Å². The highest BCUT2D eigenvalue weighted by atomic mass is 16.3. The Hall–Kier alpha value is -1.09. The highest BCUT2D eigenvalue weighted by Gasteiger charge is 2.29. The first-order valence-corrected chi connectivity index (χ1v) is 4.64. The summed E-state index contributed by atoms with van der Waals surface area (Å²) in [7, 11) is 0. The van der Waals surface area contributed by atoms with E-state index in [2.05, 4.69) is 0 Å². The lowest BCUT2D eigenvalue weighted by Crippen LogP contribution is -2.32. The molecule has 0 spiro atoms. The highest BCUT2D eigenvalue weighted by molar-refractivity contribution is 5.98. The molecule has 2 heterocycles. The van der Waals surface area contributed by atoms with Gasteiger partial charge in [0, 0.05) is 17.8 Å². The molecular formula is C10H13NO2. The normalized spacial score (nSPS) is 27.1.